The van der Waals surface area contributed by atoms with Crippen LogP contribution in [0, 0.1) is 0 Å². The molecule has 0 radical (unpaired) electrons. The van der Waals surface area contributed by atoms with Gasteiger partial charge in [0.05, 0.1) is 37.6 Å². The maximum absolute atomic E-state index is 12.9. The number of quaternary nitrogens is 1. The molecule has 0 saturated carbocycles. The largest absolute Gasteiger partial charge is 0.416 e. The van der Waals surface area contributed by atoms with E-state index in [0.29, 0.717) is 12.5 Å². The number of halogens is 3. The van der Waals surface area contributed by atoms with E-state index >= 15 is 0 Å². The molecule has 1 aromatic rings. The summed E-state index contributed by atoms with van der Waals surface area (Å²) in [5, 5.41) is 0. The van der Waals surface area contributed by atoms with Crippen LogP contribution in [0.1, 0.15) is 109 Å². The van der Waals surface area contributed by atoms with Crippen molar-refractivity contribution in [1.29, 1.82) is 0 Å². The smallest absolute Gasteiger partial charge is 0.328 e. The molecule has 4 nitrogen and oxygen atoms in total. The van der Waals surface area contributed by atoms with E-state index in [4.69, 9.17) is 0 Å². The summed E-state index contributed by atoms with van der Waals surface area (Å²) < 4.78 is 66.6. The van der Waals surface area contributed by atoms with Crippen LogP contribution in [0.2, 0.25) is 0 Å². The van der Waals surface area contributed by atoms with Crippen LogP contribution in [0.3, 0.4) is 0 Å². The lowest BCUT2D eigenvalue weighted by atomic mass is 10.0. The van der Waals surface area contributed by atoms with Gasteiger partial charge in [-0.25, -0.2) is 13.1 Å². The van der Waals surface area contributed by atoms with Crippen LogP contribution >= 0.6 is 0 Å². The highest BCUT2D eigenvalue weighted by atomic mass is 32.2. The lowest BCUT2D eigenvalue weighted by molar-refractivity contribution is -0.890. The fraction of sp³-hybridized carbons (Fsp3) is 0.786. The van der Waals surface area contributed by atoms with E-state index in [0.717, 1.165) is 36.1 Å². The maximum Gasteiger partial charge on any atom is 0.416 e. The Morgan fingerprint density at radius 2 is 1.22 bits per heavy atom. The molecule has 0 bridgehead atoms. The van der Waals surface area contributed by atoms with E-state index in [-0.39, 0.29) is 11.4 Å². The highest BCUT2D eigenvalue weighted by molar-refractivity contribution is 7.89. The second-order valence-corrected chi connectivity index (χ2v) is 12.5. The molecule has 0 fully saturated rings. The van der Waals surface area contributed by atoms with Crippen LogP contribution in [0.4, 0.5) is 13.2 Å². The van der Waals surface area contributed by atoms with Gasteiger partial charge in [-0.1, -0.05) is 90.0 Å². The van der Waals surface area contributed by atoms with Gasteiger partial charge >= 0.3 is 6.18 Å². The van der Waals surface area contributed by atoms with E-state index in [1.165, 1.54) is 89.5 Å². The first kappa shape index (κ1) is 32.9. The Hall–Kier alpha value is -1.12. The first-order valence-corrected chi connectivity index (χ1v) is 15.5. The summed E-state index contributed by atoms with van der Waals surface area (Å²) in [5.41, 5.74) is -0.962. The molecule has 0 aliphatic rings. The number of sulfonamides is 1. The molecule has 0 atom stereocenters. The molecule has 8 heteroatoms. The summed E-state index contributed by atoms with van der Waals surface area (Å²) in [6, 6.07) is 3.86. The summed E-state index contributed by atoms with van der Waals surface area (Å²) in [7, 11) is 0.325. The molecular weight excluding hydrogens is 485 g/mol. The average Bonchev–Trinajstić information content (AvgIpc) is 2.81. The van der Waals surface area contributed by atoms with Crippen molar-refractivity contribution >= 4 is 10.0 Å². The second kappa shape index (κ2) is 17.4. The summed E-state index contributed by atoms with van der Waals surface area (Å²) in [6.45, 7) is 4.31. The predicted molar refractivity (Wildman–Crippen MR) is 143 cm³/mol. The lowest BCUT2D eigenvalue weighted by Gasteiger charge is -2.30. The molecule has 0 aliphatic carbocycles. The standard InChI is InChI=1S/C28H50F3N2O2S/c1-4-5-6-7-8-9-10-11-12-13-14-15-16-17-23-33(2,3)24-19-22-32-36(34,35)27-21-18-20-26(25-27)28(29,30)31/h18,20-21,25,32H,4-17,19,22-24H2,1-3H3/q+1. The van der Waals surface area contributed by atoms with E-state index in [1.807, 2.05) is 0 Å². The SMILES string of the molecule is CCCCCCCCCCCCCCCC[N+](C)(C)CCCNS(=O)(=O)c1cccc(C(F)(F)F)c1. The molecule has 0 saturated heterocycles. The first-order valence-electron chi connectivity index (χ1n) is 14.0. The Bertz CT molecular complexity index is 811. The number of hydrogen-bond acceptors (Lipinski definition) is 2. The zero-order chi connectivity index (χ0) is 26.9. The maximum atomic E-state index is 12.9. The van der Waals surface area contributed by atoms with Crippen LogP contribution < -0.4 is 4.72 Å². The molecule has 0 spiro atoms. The van der Waals surface area contributed by atoms with Crippen LogP contribution in [0.5, 0.6) is 0 Å². The normalized spacial score (nSPS) is 12.8. The van der Waals surface area contributed by atoms with Crippen LogP contribution in [-0.2, 0) is 16.2 Å². The summed E-state index contributed by atoms with van der Waals surface area (Å²) in [4.78, 5) is -0.353. The average molecular weight is 536 g/mol. The van der Waals surface area contributed by atoms with Gasteiger partial charge in [0.25, 0.3) is 0 Å². The van der Waals surface area contributed by atoms with Crippen LogP contribution in [-0.4, -0.2) is 46.6 Å². The van der Waals surface area contributed by atoms with Gasteiger partial charge in [-0.3, -0.25) is 0 Å². The predicted octanol–water partition coefficient (Wildman–Crippen LogP) is 7.93. The van der Waals surface area contributed by atoms with Crippen molar-refractivity contribution in [1.82, 2.24) is 4.72 Å². The molecular formula is C28H50F3N2O2S+. The third-order valence-electron chi connectivity index (χ3n) is 6.82. The van der Waals surface area contributed by atoms with Gasteiger partial charge < -0.3 is 4.48 Å². The molecule has 36 heavy (non-hydrogen) atoms. The summed E-state index contributed by atoms with van der Waals surface area (Å²) >= 11 is 0. The van der Waals surface area contributed by atoms with Crippen LogP contribution in [0.25, 0.3) is 0 Å². The molecule has 210 valence electrons. The highest BCUT2D eigenvalue weighted by Crippen LogP contribution is 2.30. The van der Waals surface area contributed by atoms with E-state index < -0.39 is 21.8 Å². The number of nitrogens with zero attached hydrogens (tertiary/aromatic N) is 1. The summed E-state index contributed by atoms with van der Waals surface area (Å²) in [6.07, 6.45) is 14.7. The van der Waals surface area contributed by atoms with E-state index in [2.05, 4.69) is 25.7 Å². The van der Waals surface area contributed by atoms with Gasteiger partial charge in [0.1, 0.15) is 0 Å². The fourth-order valence-corrected chi connectivity index (χ4v) is 5.60. The Morgan fingerprint density at radius 3 is 1.72 bits per heavy atom. The lowest BCUT2D eigenvalue weighted by Crippen LogP contribution is -2.42. The topological polar surface area (TPSA) is 46.2 Å². The Balaban J connectivity index is 2.11. The van der Waals surface area contributed by atoms with Crippen molar-refractivity contribution in [2.75, 3.05) is 33.7 Å². The third-order valence-corrected chi connectivity index (χ3v) is 8.28. The van der Waals surface area contributed by atoms with Crippen molar-refractivity contribution < 1.29 is 26.1 Å². The number of hydrogen-bond donors (Lipinski definition) is 1. The molecule has 1 N–H and O–H groups in total. The van der Waals surface area contributed by atoms with Crippen LogP contribution in [0.15, 0.2) is 29.2 Å². The van der Waals surface area contributed by atoms with E-state index in [1.54, 1.807) is 0 Å². The van der Waals surface area contributed by atoms with Gasteiger partial charge in [0.2, 0.25) is 10.0 Å². The summed E-state index contributed by atoms with van der Waals surface area (Å²) in [5.74, 6) is 0. The molecule has 0 unspecified atom stereocenters. The van der Waals surface area contributed by atoms with Crippen molar-refractivity contribution in [3.05, 3.63) is 29.8 Å². The van der Waals surface area contributed by atoms with Gasteiger partial charge in [-0.05, 0) is 31.0 Å². The van der Waals surface area contributed by atoms with Gasteiger partial charge in [-0.2, -0.15) is 13.2 Å². The molecule has 0 heterocycles. The van der Waals surface area contributed by atoms with Crippen molar-refractivity contribution in [3.8, 4) is 0 Å². The molecule has 0 amide bonds. The number of nitrogens with one attached hydrogen (secondary N) is 1. The van der Waals surface area contributed by atoms with Gasteiger partial charge in [0, 0.05) is 13.0 Å². The van der Waals surface area contributed by atoms with Crippen molar-refractivity contribution in [3.63, 3.8) is 0 Å². The third kappa shape index (κ3) is 15.2. The number of alkyl halides is 3. The minimum atomic E-state index is -4.57. The zero-order valence-corrected chi connectivity index (χ0v) is 23.7. The van der Waals surface area contributed by atoms with Crippen molar-refractivity contribution in [2.24, 2.45) is 0 Å². The minimum Gasteiger partial charge on any atom is -0.328 e. The second-order valence-electron chi connectivity index (χ2n) is 10.8. The molecule has 0 aliphatic heterocycles. The fourth-order valence-electron chi connectivity index (χ4n) is 4.48. The minimum absolute atomic E-state index is 0.207. The Morgan fingerprint density at radius 1 is 0.750 bits per heavy atom. The Labute approximate surface area is 218 Å². The highest BCUT2D eigenvalue weighted by Gasteiger charge is 2.31. The molecule has 0 aromatic heterocycles. The van der Waals surface area contributed by atoms with E-state index in [9.17, 15) is 21.6 Å². The first-order chi connectivity index (χ1) is 17.0. The van der Waals surface area contributed by atoms with Crippen molar-refractivity contribution in [2.45, 2.75) is 114 Å². The number of rotatable bonds is 21. The quantitative estimate of drug-likeness (QED) is 0.128. The van der Waals surface area contributed by atoms with Gasteiger partial charge in [-0.15, -0.1) is 0 Å². The monoisotopic (exact) mass is 535 g/mol. The Kier molecular flexibility index (Phi) is 15.9. The number of benzene rings is 1. The number of unbranched alkanes of at least 4 members (excludes halogenated alkanes) is 13. The molecule has 1 aromatic carbocycles. The van der Waals surface area contributed by atoms with Gasteiger partial charge in [0.15, 0.2) is 0 Å². The zero-order valence-electron chi connectivity index (χ0n) is 22.8. The molecule has 1 rings (SSSR count).